The van der Waals surface area contributed by atoms with Gasteiger partial charge in [-0.25, -0.2) is 4.79 Å². The van der Waals surface area contributed by atoms with E-state index in [0.29, 0.717) is 37.4 Å². The van der Waals surface area contributed by atoms with E-state index in [1.807, 2.05) is 60.6 Å². The second kappa shape index (κ2) is 10.9. The SMILES string of the molecule is Cc1c(CC(=O)CCC(C)(C)C#N)cc(Cl)cc1CN1CCN(C(=O)OC(C)(C)C)[C@@H](C)C1. The molecule has 0 saturated carbocycles. The highest BCUT2D eigenvalue weighted by molar-refractivity contribution is 6.30. The smallest absolute Gasteiger partial charge is 0.410 e. The minimum absolute atomic E-state index is 0.0395. The van der Waals surface area contributed by atoms with E-state index in [1.165, 1.54) is 0 Å². The van der Waals surface area contributed by atoms with Crippen LogP contribution in [0.4, 0.5) is 4.79 Å². The number of halogens is 1. The molecule has 0 unspecified atom stereocenters. The van der Waals surface area contributed by atoms with Crippen LogP contribution in [0.5, 0.6) is 0 Å². The van der Waals surface area contributed by atoms with Gasteiger partial charge in [0, 0.05) is 50.1 Å². The van der Waals surface area contributed by atoms with Crippen molar-refractivity contribution in [1.82, 2.24) is 9.80 Å². The molecule has 0 aliphatic carbocycles. The van der Waals surface area contributed by atoms with Gasteiger partial charge in [0.25, 0.3) is 0 Å². The van der Waals surface area contributed by atoms with Gasteiger partial charge in [0.2, 0.25) is 0 Å². The number of benzene rings is 1. The van der Waals surface area contributed by atoms with Crippen LogP contribution in [0.2, 0.25) is 5.02 Å². The Morgan fingerprint density at radius 3 is 2.39 bits per heavy atom. The third kappa shape index (κ3) is 8.32. The molecule has 1 aliphatic heterocycles. The molecule has 1 aromatic rings. The number of carbonyl (C=O) groups is 2. The summed E-state index contributed by atoms with van der Waals surface area (Å²) in [6.07, 6.45) is 0.985. The van der Waals surface area contributed by atoms with Crippen molar-refractivity contribution < 1.29 is 14.3 Å². The molecule has 1 amide bonds. The number of nitrogens with zero attached hydrogens (tertiary/aromatic N) is 3. The summed E-state index contributed by atoms with van der Waals surface area (Å²) in [5, 5.41) is 9.79. The Morgan fingerprint density at radius 1 is 1.18 bits per heavy atom. The van der Waals surface area contributed by atoms with Crippen LogP contribution in [-0.4, -0.2) is 53.0 Å². The van der Waals surface area contributed by atoms with Crippen molar-refractivity contribution >= 4 is 23.5 Å². The number of ketones is 1. The standard InChI is InChI=1S/C26H38ClN3O3/c1-18-15-29(10-11-30(18)24(32)33-25(3,4)5)16-21-13-22(27)12-20(19(21)2)14-23(31)8-9-26(6,7)17-28/h12-13,18H,8-11,14-16H2,1-7H3/t18-/m0/s1. The Balaban J connectivity index is 2.03. The van der Waals surface area contributed by atoms with Crippen LogP contribution in [0.15, 0.2) is 12.1 Å². The number of carbonyl (C=O) groups excluding carboxylic acids is 2. The molecule has 0 radical (unpaired) electrons. The molecule has 0 bridgehead atoms. The summed E-state index contributed by atoms with van der Waals surface area (Å²) >= 11 is 6.41. The van der Waals surface area contributed by atoms with E-state index >= 15 is 0 Å². The number of piperazine rings is 1. The summed E-state index contributed by atoms with van der Waals surface area (Å²) in [5.74, 6) is 0.120. The molecule has 182 valence electrons. The molecular weight excluding hydrogens is 438 g/mol. The van der Waals surface area contributed by atoms with Gasteiger partial charge in [0.1, 0.15) is 11.4 Å². The fourth-order valence-corrected chi connectivity index (χ4v) is 4.23. The maximum atomic E-state index is 12.6. The largest absolute Gasteiger partial charge is 0.444 e. The van der Waals surface area contributed by atoms with E-state index in [2.05, 4.69) is 11.0 Å². The molecular formula is C26H38ClN3O3. The highest BCUT2D eigenvalue weighted by Crippen LogP contribution is 2.26. The zero-order valence-corrected chi connectivity index (χ0v) is 21.9. The van der Waals surface area contributed by atoms with Crippen LogP contribution in [0.25, 0.3) is 0 Å². The quantitative estimate of drug-likeness (QED) is 0.518. The first-order chi connectivity index (χ1) is 15.2. The van der Waals surface area contributed by atoms with Gasteiger partial charge in [-0.05, 0) is 83.7 Å². The molecule has 1 heterocycles. The molecule has 1 atom stereocenters. The first-order valence-electron chi connectivity index (χ1n) is 11.6. The predicted octanol–water partition coefficient (Wildman–Crippen LogP) is 5.53. The Bertz CT molecular complexity index is 915. The Kier molecular flexibility index (Phi) is 8.95. The monoisotopic (exact) mass is 475 g/mol. The van der Waals surface area contributed by atoms with E-state index in [4.69, 9.17) is 16.3 Å². The second-order valence-corrected chi connectivity index (χ2v) is 11.3. The lowest BCUT2D eigenvalue weighted by molar-refractivity contribution is -0.118. The molecule has 7 heteroatoms. The molecule has 33 heavy (non-hydrogen) atoms. The fraction of sp³-hybridized carbons (Fsp3) is 0.654. The minimum atomic E-state index is -0.510. The van der Waals surface area contributed by atoms with Crippen molar-refractivity contribution in [3.8, 4) is 6.07 Å². The van der Waals surface area contributed by atoms with E-state index in [-0.39, 0.29) is 17.9 Å². The summed E-state index contributed by atoms with van der Waals surface area (Å²) in [6.45, 7) is 16.2. The van der Waals surface area contributed by atoms with Crippen molar-refractivity contribution in [2.24, 2.45) is 5.41 Å². The number of nitriles is 1. The zero-order chi connectivity index (χ0) is 25.0. The van der Waals surface area contributed by atoms with Crippen LogP contribution < -0.4 is 0 Å². The van der Waals surface area contributed by atoms with E-state index in [1.54, 1.807) is 4.90 Å². The number of Topliss-reactive ketones (excluding diaryl/α,β-unsaturated/α-hetero) is 1. The van der Waals surface area contributed by atoms with Gasteiger partial charge in [-0.1, -0.05) is 11.6 Å². The zero-order valence-electron chi connectivity index (χ0n) is 21.1. The number of rotatable bonds is 7. The molecule has 1 aromatic carbocycles. The van der Waals surface area contributed by atoms with Gasteiger partial charge >= 0.3 is 6.09 Å². The second-order valence-electron chi connectivity index (χ2n) is 10.8. The van der Waals surface area contributed by atoms with Crippen LogP contribution in [0.3, 0.4) is 0 Å². The molecule has 1 aliphatic rings. The van der Waals surface area contributed by atoms with Gasteiger partial charge in [0.15, 0.2) is 0 Å². The van der Waals surface area contributed by atoms with Crippen LogP contribution in [0, 0.1) is 23.7 Å². The van der Waals surface area contributed by atoms with Gasteiger partial charge in [-0.3, -0.25) is 9.69 Å². The van der Waals surface area contributed by atoms with Crippen molar-refractivity contribution in [3.63, 3.8) is 0 Å². The summed E-state index contributed by atoms with van der Waals surface area (Å²) in [7, 11) is 0. The first kappa shape index (κ1) is 27.1. The van der Waals surface area contributed by atoms with Gasteiger partial charge in [-0.15, -0.1) is 0 Å². The lowest BCUT2D eigenvalue weighted by Crippen LogP contribution is -2.54. The number of ether oxygens (including phenoxy) is 1. The molecule has 0 spiro atoms. The minimum Gasteiger partial charge on any atom is -0.444 e. The van der Waals surface area contributed by atoms with E-state index < -0.39 is 11.0 Å². The molecule has 1 fully saturated rings. The van der Waals surface area contributed by atoms with Crippen LogP contribution in [-0.2, 0) is 22.5 Å². The van der Waals surface area contributed by atoms with Gasteiger partial charge in [-0.2, -0.15) is 5.26 Å². The molecule has 6 nitrogen and oxygen atoms in total. The average molecular weight is 476 g/mol. The maximum absolute atomic E-state index is 12.6. The Hall–Kier alpha value is -2.10. The van der Waals surface area contributed by atoms with Crippen LogP contribution >= 0.6 is 11.6 Å². The lowest BCUT2D eigenvalue weighted by Gasteiger charge is -2.40. The van der Waals surface area contributed by atoms with Crippen LogP contribution in [0.1, 0.15) is 71.1 Å². The van der Waals surface area contributed by atoms with Crippen molar-refractivity contribution in [2.75, 3.05) is 19.6 Å². The highest BCUT2D eigenvalue weighted by Gasteiger charge is 2.31. The molecule has 0 N–H and O–H groups in total. The molecule has 1 saturated heterocycles. The molecule has 2 rings (SSSR count). The maximum Gasteiger partial charge on any atom is 0.410 e. The Labute approximate surface area is 203 Å². The van der Waals surface area contributed by atoms with Crippen molar-refractivity contribution in [1.29, 1.82) is 5.26 Å². The normalized spacial score (nSPS) is 17.5. The summed E-state index contributed by atoms with van der Waals surface area (Å²) in [6, 6.07) is 6.13. The first-order valence-corrected chi connectivity index (χ1v) is 12.0. The topological polar surface area (TPSA) is 73.6 Å². The average Bonchev–Trinajstić information content (AvgIpc) is 2.68. The predicted molar refractivity (Wildman–Crippen MR) is 131 cm³/mol. The number of hydrogen-bond acceptors (Lipinski definition) is 5. The summed E-state index contributed by atoms with van der Waals surface area (Å²) < 4.78 is 5.54. The number of hydrogen-bond donors (Lipinski definition) is 0. The van der Waals surface area contributed by atoms with E-state index in [9.17, 15) is 14.9 Å². The van der Waals surface area contributed by atoms with Gasteiger partial charge < -0.3 is 9.64 Å². The summed E-state index contributed by atoms with van der Waals surface area (Å²) in [5.41, 5.74) is 2.11. The summed E-state index contributed by atoms with van der Waals surface area (Å²) in [4.78, 5) is 29.2. The molecule has 0 aromatic heterocycles. The highest BCUT2D eigenvalue weighted by atomic mass is 35.5. The van der Waals surface area contributed by atoms with Crippen molar-refractivity contribution in [3.05, 3.63) is 33.8 Å². The lowest BCUT2D eigenvalue weighted by atomic mass is 9.87. The van der Waals surface area contributed by atoms with Crippen molar-refractivity contribution in [2.45, 2.75) is 85.9 Å². The van der Waals surface area contributed by atoms with Gasteiger partial charge in [0.05, 0.1) is 11.5 Å². The third-order valence-corrected chi connectivity index (χ3v) is 6.26. The Morgan fingerprint density at radius 2 is 1.82 bits per heavy atom. The fourth-order valence-electron chi connectivity index (χ4n) is 3.96. The number of amides is 1. The van der Waals surface area contributed by atoms with E-state index in [0.717, 1.165) is 29.8 Å². The third-order valence-electron chi connectivity index (χ3n) is 6.04.